The molecule has 2 saturated heterocycles. The fraction of sp³-hybridized carbons (Fsp3) is 0.538. The molecule has 18 heavy (non-hydrogen) atoms. The molecule has 0 saturated carbocycles. The summed E-state index contributed by atoms with van der Waals surface area (Å²) in [4.78, 5) is 2.44. The van der Waals surface area contributed by atoms with Gasteiger partial charge in [0.25, 0.3) is 0 Å². The van der Waals surface area contributed by atoms with Crippen LogP contribution in [0, 0.1) is 0 Å². The lowest BCUT2D eigenvalue weighted by atomic mass is 10.1. The zero-order valence-electron chi connectivity index (χ0n) is 10.5. The Hall–Kier alpha value is -1.30. The van der Waals surface area contributed by atoms with Gasteiger partial charge in [0.05, 0.1) is 6.54 Å². The summed E-state index contributed by atoms with van der Waals surface area (Å²) in [5.41, 5.74) is 10.1. The van der Waals surface area contributed by atoms with E-state index in [4.69, 9.17) is 4.74 Å². The Morgan fingerprint density at radius 1 is 1.17 bits per heavy atom. The molecular weight excluding hydrogens is 228 g/mol. The van der Waals surface area contributed by atoms with E-state index in [1.54, 1.807) is 0 Å². The van der Waals surface area contributed by atoms with Gasteiger partial charge in [0.2, 0.25) is 0 Å². The summed E-state index contributed by atoms with van der Waals surface area (Å²) in [6.45, 7) is 3.08. The van der Waals surface area contributed by atoms with Gasteiger partial charge < -0.3 is 9.64 Å². The SMILES string of the molecule is c1cc(OC2CNNN2)cc(N2CCCCC2)c1. The number of benzene rings is 1. The minimum Gasteiger partial charge on any atom is -0.473 e. The molecule has 5 heteroatoms. The van der Waals surface area contributed by atoms with E-state index in [1.807, 2.05) is 6.07 Å². The van der Waals surface area contributed by atoms with Gasteiger partial charge >= 0.3 is 0 Å². The summed E-state index contributed by atoms with van der Waals surface area (Å²) < 4.78 is 5.84. The van der Waals surface area contributed by atoms with E-state index >= 15 is 0 Å². The van der Waals surface area contributed by atoms with Gasteiger partial charge in [-0.05, 0) is 31.4 Å². The average molecular weight is 248 g/mol. The zero-order chi connectivity index (χ0) is 12.2. The molecule has 1 atom stereocenters. The molecule has 2 aliphatic heterocycles. The molecule has 0 amide bonds. The molecule has 98 valence electrons. The first-order valence-electron chi connectivity index (χ1n) is 6.67. The molecular formula is C13H20N4O. The highest BCUT2D eigenvalue weighted by Gasteiger charge is 2.16. The third kappa shape index (κ3) is 2.75. The maximum absolute atomic E-state index is 5.84. The highest BCUT2D eigenvalue weighted by molar-refractivity contribution is 5.51. The number of nitrogens with one attached hydrogen (secondary N) is 3. The molecule has 0 spiro atoms. The van der Waals surface area contributed by atoms with Crippen molar-refractivity contribution in [3.05, 3.63) is 24.3 Å². The Morgan fingerprint density at radius 3 is 2.83 bits per heavy atom. The fourth-order valence-corrected chi connectivity index (χ4v) is 2.47. The lowest BCUT2D eigenvalue weighted by molar-refractivity contribution is 0.191. The van der Waals surface area contributed by atoms with Crippen LogP contribution in [0.5, 0.6) is 5.75 Å². The van der Waals surface area contributed by atoms with E-state index in [9.17, 15) is 0 Å². The molecule has 2 heterocycles. The van der Waals surface area contributed by atoms with Crippen molar-refractivity contribution in [1.29, 1.82) is 0 Å². The summed E-state index contributed by atoms with van der Waals surface area (Å²) in [6, 6.07) is 8.37. The number of anilines is 1. The second-order valence-electron chi connectivity index (χ2n) is 4.80. The molecule has 1 aromatic rings. The molecule has 3 N–H and O–H groups in total. The van der Waals surface area contributed by atoms with Crippen molar-refractivity contribution in [2.24, 2.45) is 0 Å². The highest BCUT2D eigenvalue weighted by atomic mass is 16.5. The lowest BCUT2D eigenvalue weighted by Crippen LogP contribution is -2.36. The van der Waals surface area contributed by atoms with Crippen LogP contribution in [0.25, 0.3) is 0 Å². The van der Waals surface area contributed by atoms with E-state index in [1.165, 1.54) is 24.9 Å². The van der Waals surface area contributed by atoms with Crippen LogP contribution in [0.2, 0.25) is 0 Å². The van der Waals surface area contributed by atoms with Crippen LogP contribution < -0.4 is 26.0 Å². The fourth-order valence-electron chi connectivity index (χ4n) is 2.47. The molecule has 0 radical (unpaired) electrons. The molecule has 3 rings (SSSR count). The van der Waals surface area contributed by atoms with Gasteiger partial charge in [-0.25, -0.2) is 10.9 Å². The molecule has 1 aromatic carbocycles. The van der Waals surface area contributed by atoms with Crippen molar-refractivity contribution in [3.8, 4) is 5.75 Å². The van der Waals surface area contributed by atoms with Gasteiger partial charge in [0.15, 0.2) is 6.23 Å². The lowest BCUT2D eigenvalue weighted by Gasteiger charge is -2.29. The molecule has 0 bridgehead atoms. The quantitative estimate of drug-likeness (QED) is 0.745. The van der Waals surface area contributed by atoms with Crippen LogP contribution in [0.15, 0.2) is 24.3 Å². The predicted molar refractivity (Wildman–Crippen MR) is 71.2 cm³/mol. The van der Waals surface area contributed by atoms with Crippen LogP contribution in [0.3, 0.4) is 0 Å². The summed E-state index contributed by atoms with van der Waals surface area (Å²) in [6.07, 6.45) is 3.93. The van der Waals surface area contributed by atoms with Crippen LogP contribution in [0.4, 0.5) is 5.69 Å². The van der Waals surface area contributed by atoms with Crippen molar-refractivity contribution < 1.29 is 4.74 Å². The zero-order valence-corrected chi connectivity index (χ0v) is 10.5. The predicted octanol–water partition coefficient (Wildman–Crippen LogP) is 0.994. The van der Waals surface area contributed by atoms with E-state index in [2.05, 4.69) is 39.5 Å². The minimum absolute atomic E-state index is 0.0124. The van der Waals surface area contributed by atoms with E-state index in [-0.39, 0.29) is 6.23 Å². The van der Waals surface area contributed by atoms with Crippen LogP contribution in [-0.2, 0) is 0 Å². The summed E-state index contributed by atoms with van der Waals surface area (Å²) in [5.74, 6) is 0.918. The van der Waals surface area contributed by atoms with E-state index < -0.39 is 0 Å². The maximum Gasteiger partial charge on any atom is 0.177 e. The van der Waals surface area contributed by atoms with Gasteiger partial charge in [-0.15, -0.1) is 0 Å². The Labute approximate surface area is 107 Å². The second kappa shape index (κ2) is 5.56. The smallest absolute Gasteiger partial charge is 0.177 e. The topological polar surface area (TPSA) is 48.6 Å². The summed E-state index contributed by atoms with van der Waals surface area (Å²) in [5, 5.41) is 0. The number of nitrogens with zero attached hydrogens (tertiary/aromatic N) is 1. The standard InChI is InChI=1S/C13H20N4O/c1-2-7-17(8-3-1)11-5-4-6-12(9-11)18-13-10-14-16-15-13/h4-6,9,13-16H,1-3,7-8,10H2. The van der Waals surface area contributed by atoms with Crippen LogP contribution in [0.1, 0.15) is 19.3 Å². The number of piperidine rings is 1. The highest BCUT2D eigenvalue weighted by Crippen LogP contribution is 2.24. The molecule has 1 unspecified atom stereocenters. The monoisotopic (exact) mass is 248 g/mol. The Morgan fingerprint density at radius 2 is 2.06 bits per heavy atom. The largest absolute Gasteiger partial charge is 0.473 e. The van der Waals surface area contributed by atoms with E-state index in [0.717, 1.165) is 25.4 Å². The molecule has 2 aliphatic rings. The third-order valence-corrected chi connectivity index (χ3v) is 3.43. The first-order chi connectivity index (χ1) is 8.92. The first-order valence-corrected chi connectivity index (χ1v) is 6.67. The van der Waals surface area contributed by atoms with Crippen molar-refractivity contribution in [1.82, 2.24) is 16.4 Å². The van der Waals surface area contributed by atoms with Crippen molar-refractivity contribution in [2.75, 3.05) is 24.5 Å². The molecule has 0 aliphatic carbocycles. The van der Waals surface area contributed by atoms with Crippen molar-refractivity contribution >= 4 is 5.69 Å². The average Bonchev–Trinajstić information content (AvgIpc) is 2.93. The molecule has 0 aromatic heterocycles. The van der Waals surface area contributed by atoms with E-state index in [0.29, 0.717) is 0 Å². The third-order valence-electron chi connectivity index (χ3n) is 3.43. The van der Waals surface area contributed by atoms with Crippen molar-refractivity contribution in [3.63, 3.8) is 0 Å². The number of hydrogen-bond donors (Lipinski definition) is 3. The van der Waals surface area contributed by atoms with Gasteiger partial charge in [0.1, 0.15) is 5.75 Å². The maximum atomic E-state index is 5.84. The second-order valence-corrected chi connectivity index (χ2v) is 4.80. The van der Waals surface area contributed by atoms with Crippen molar-refractivity contribution in [2.45, 2.75) is 25.5 Å². The van der Waals surface area contributed by atoms with Crippen LogP contribution in [-0.4, -0.2) is 25.9 Å². The number of rotatable bonds is 3. The summed E-state index contributed by atoms with van der Waals surface area (Å²) in [7, 11) is 0. The molecule has 2 fully saturated rings. The molecule has 5 nitrogen and oxygen atoms in total. The summed E-state index contributed by atoms with van der Waals surface area (Å²) >= 11 is 0. The van der Waals surface area contributed by atoms with Gasteiger partial charge in [0, 0.05) is 24.8 Å². The Kier molecular flexibility index (Phi) is 3.64. The van der Waals surface area contributed by atoms with Gasteiger partial charge in [-0.1, -0.05) is 6.07 Å². The normalized spacial score (nSPS) is 24.2. The number of hydrazine groups is 2. The number of hydrogen-bond acceptors (Lipinski definition) is 5. The van der Waals surface area contributed by atoms with Gasteiger partial charge in [-0.2, -0.15) is 5.53 Å². The Bertz CT molecular complexity index is 386. The van der Waals surface area contributed by atoms with Gasteiger partial charge in [-0.3, -0.25) is 0 Å². The number of ether oxygens (including phenoxy) is 1. The first kappa shape index (κ1) is 11.8. The van der Waals surface area contributed by atoms with Crippen LogP contribution >= 0.6 is 0 Å². The Balaban J connectivity index is 1.67. The minimum atomic E-state index is -0.0124.